The van der Waals surface area contributed by atoms with E-state index in [1.165, 1.54) is 11.3 Å². The molecule has 0 aromatic carbocycles. The minimum Gasteiger partial charge on any atom is -0.457 e. The normalized spacial score (nSPS) is 31.2. The summed E-state index contributed by atoms with van der Waals surface area (Å²) in [5.41, 5.74) is 0.522. The molecule has 2 heterocycles. The first kappa shape index (κ1) is 31.0. The summed E-state index contributed by atoms with van der Waals surface area (Å²) in [6.45, 7) is 7.54. The first-order valence-corrected chi connectivity index (χ1v) is 13.5. The summed E-state index contributed by atoms with van der Waals surface area (Å²) in [5.74, 6) is -2.00. The summed E-state index contributed by atoms with van der Waals surface area (Å²) in [5, 5.41) is 33.2. The van der Waals surface area contributed by atoms with Crippen LogP contribution in [0, 0.1) is 17.3 Å². The molecular formula is C28H40FNO6S. The molecule has 206 valence electrons. The molecule has 5 atom stereocenters. The Bertz CT molecular complexity index is 1010. The molecule has 0 saturated carbocycles. The number of aromatic nitrogens is 1. The van der Waals surface area contributed by atoms with E-state index in [1.54, 1.807) is 45.2 Å². The third-order valence-electron chi connectivity index (χ3n) is 7.05. The lowest BCUT2D eigenvalue weighted by Crippen LogP contribution is -2.45. The Kier molecular flexibility index (Phi) is 11.8. The third-order valence-corrected chi connectivity index (χ3v) is 7.90. The van der Waals surface area contributed by atoms with Gasteiger partial charge in [0.05, 0.1) is 36.3 Å². The summed E-state index contributed by atoms with van der Waals surface area (Å²) in [6, 6.07) is 0. The molecule has 3 N–H and O–H groups in total. The molecule has 0 unspecified atom stereocenters. The van der Waals surface area contributed by atoms with Crippen molar-refractivity contribution in [3.8, 4) is 0 Å². The van der Waals surface area contributed by atoms with E-state index in [-0.39, 0.29) is 24.7 Å². The zero-order valence-corrected chi connectivity index (χ0v) is 23.1. The molecule has 1 aromatic rings. The number of aliphatic hydroxyl groups excluding tert-OH is 3. The third kappa shape index (κ3) is 8.67. The van der Waals surface area contributed by atoms with Crippen LogP contribution in [0.25, 0.3) is 6.08 Å². The zero-order chi connectivity index (χ0) is 27.8. The van der Waals surface area contributed by atoms with E-state index in [1.807, 2.05) is 19.1 Å². The van der Waals surface area contributed by atoms with Gasteiger partial charge in [0, 0.05) is 17.7 Å². The van der Waals surface area contributed by atoms with Crippen LogP contribution in [0.5, 0.6) is 0 Å². The maximum Gasteiger partial charge on any atom is 0.309 e. The smallest absolute Gasteiger partial charge is 0.309 e. The second kappa shape index (κ2) is 14.1. The van der Waals surface area contributed by atoms with E-state index in [4.69, 9.17) is 4.74 Å². The molecule has 1 aliphatic heterocycles. The van der Waals surface area contributed by atoms with Gasteiger partial charge in [-0.15, -0.1) is 11.3 Å². The van der Waals surface area contributed by atoms with E-state index in [0.717, 1.165) is 0 Å². The molecule has 0 saturated heterocycles. The predicted octanol–water partition coefficient (Wildman–Crippen LogP) is 4.57. The number of halogens is 1. The number of carbonyl (C=O) groups excluding carboxylic acids is 2. The van der Waals surface area contributed by atoms with Crippen LogP contribution in [-0.4, -0.2) is 57.0 Å². The first-order chi connectivity index (χ1) is 17.4. The van der Waals surface area contributed by atoms with Crippen molar-refractivity contribution in [2.75, 3.05) is 6.67 Å². The van der Waals surface area contributed by atoms with Gasteiger partial charge >= 0.3 is 5.97 Å². The molecule has 2 rings (SSSR count). The molecule has 0 radical (unpaired) electrons. The fourth-order valence-electron chi connectivity index (χ4n) is 4.29. The molecule has 0 amide bonds. The number of thiazole rings is 1. The Labute approximate surface area is 222 Å². The number of ketones is 1. The van der Waals surface area contributed by atoms with Crippen LogP contribution in [0.1, 0.15) is 71.0 Å². The monoisotopic (exact) mass is 537 g/mol. The molecule has 0 spiro atoms. The summed E-state index contributed by atoms with van der Waals surface area (Å²) < 4.78 is 19.4. The predicted molar refractivity (Wildman–Crippen MR) is 142 cm³/mol. The van der Waals surface area contributed by atoms with Crippen LogP contribution >= 0.6 is 11.3 Å². The van der Waals surface area contributed by atoms with E-state index in [0.29, 0.717) is 34.7 Å². The fourth-order valence-corrected chi connectivity index (χ4v) is 4.90. The van der Waals surface area contributed by atoms with E-state index in [9.17, 15) is 29.3 Å². The van der Waals surface area contributed by atoms with Gasteiger partial charge in [0.15, 0.2) is 0 Å². The lowest BCUT2D eigenvalue weighted by atomic mass is 9.73. The number of nitrogens with zero attached hydrogens (tertiary/aromatic N) is 1. The minimum atomic E-state index is -1.32. The number of alkyl halides is 1. The quantitative estimate of drug-likeness (QED) is 0.381. The number of carbonyl (C=O) groups is 2. The van der Waals surface area contributed by atoms with Gasteiger partial charge in [-0.1, -0.05) is 45.9 Å². The molecule has 9 heteroatoms. The number of allylic oxidation sites excluding steroid dienone is 3. The highest BCUT2D eigenvalue weighted by Gasteiger charge is 2.42. The largest absolute Gasteiger partial charge is 0.457 e. The van der Waals surface area contributed by atoms with Crippen LogP contribution in [-0.2, 0) is 20.9 Å². The highest BCUT2D eigenvalue weighted by Crippen LogP contribution is 2.32. The molecule has 0 aliphatic carbocycles. The second-order valence-corrected chi connectivity index (χ2v) is 11.3. The van der Waals surface area contributed by atoms with Crippen LogP contribution in [0.4, 0.5) is 4.39 Å². The van der Waals surface area contributed by atoms with Crippen LogP contribution in [0.3, 0.4) is 0 Å². The van der Waals surface area contributed by atoms with Gasteiger partial charge in [0.1, 0.15) is 23.6 Å². The second-order valence-electron chi connectivity index (χ2n) is 10.4. The Morgan fingerprint density at radius 3 is 2.57 bits per heavy atom. The van der Waals surface area contributed by atoms with Crippen LogP contribution in [0.2, 0.25) is 0 Å². The van der Waals surface area contributed by atoms with Crippen LogP contribution < -0.4 is 0 Å². The minimum absolute atomic E-state index is 0.174. The van der Waals surface area contributed by atoms with Crippen molar-refractivity contribution >= 4 is 29.2 Å². The number of esters is 1. The Morgan fingerprint density at radius 1 is 1.24 bits per heavy atom. The van der Waals surface area contributed by atoms with Crippen LogP contribution in [0.15, 0.2) is 34.8 Å². The van der Waals surface area contributed by atoms with Gasteiger partial charge in [-0.3, -0.25) is 9.59 Å². The standard InChI is InChI=1S/C28H40FNO6S/c1-17-8-6-7-9-20(14-29)10-11-22(18(2)12-21-16-37-24(15-31)30-21)36-25(33)13-23(32)28(4,5)27(35)19(3)26(17)34/h6-7,10,12,16-17,19,22-23,26,31-32,34H,8-9,11,13-15H2,1-5H3/b7-6-,18-12+,20-10+/t17-,19+,22-,23-,26-/m0/s1. The van der Waals surface area contributed by atoms with Crippen molar-refractivity contribution in [3.63, 3.8) is 0 Å². The number of aliphatic hydroxyl groups is 3. The van der Waals surface area contributed by atoms with Gasteiger partial charge in [0.2, 0.25) is 0 Å². The lowest BCUT2D eigenvalue weighted by molar-refractivity contribution is -0.154. The number of Topliss-reactive ketones (excluding diaryl/α,β-unsaturated/α-hetero) is 1. The maximum absolute atomic E-state index is 13.7. The Hall–Kier alpha value is -2.20. The van der Waals surface area contributed by atoms with Gasteiger partial charge in [-0.2, -0.15) is 0 Å². The highest BCUT2D eigenvalue weighted by molar-refractivity contribution is 7.09. The Morgan fingerprint density at radius 2 is 1.95 bits per heavy atom. The summed E-state index contributed by atoms with van der Waals surface area (Å²) in [4.78, 5) is 30.4. The molecule has 37 heavy (non-hydrogen) atoms. The molecule has 7 nitrogen and oxygen atoms in total. The number of hydrogen-bond donors (Lipinski definition) is 3. The van der Waals surface area contributed by atoms with E-state index < -0.39 is 48.7 Å². The first-order valence-electron chi connectivity index (χ1n) is 12.6. The van der Waals surface area contributed by atoms with Gasteiger partial charge in [-0.25, -0.2) is 9.37 Å². The van der Waals surface area contributed by atoms with Crippen molar-refractivity contribution in [2.24, 2.45) is 17.3 Å². The zero-order valence-electron chi connectivity index (χ0n) is 22.3. The summed E-state index contributed by atoms with van der Waals surface area (Å²) in [6.07, 6.45) is 4.87. The van der Waals surface area contributed by atoms with Gasteiger partial charge in [0.25, 0.3) is 0 Å². The SMILES string of the molecule is C/C(=C\c1csc(CO)n1)[C@@H]1C/C=C(/CF)C/C=C\C[C@H](C)[C@H](O)[C@@H](C)C(=O)C(C)(C)[C@@H](O)CC(=O)O1. The van der Waals surface area contributed by atoms with Crippen molar-refractivity contribution < 1.29 is 34.0 Å². The van der Waals surface area contributed by atoms with Crippen molar-refractivity contribution in [2.45, 2.75) is 85.2 Å². The molecule has 1 aromatic heterocycles. The average Bonchev–Trinajstić information content (AvgIpc) is 3.32. The van der Waals surface area contributed by atoms with Crippen molar-refractivity contribution in [1.82, 2.24) is 4.98 Å². The van der Waals surface area contributed by atoms with Gasteiger partial charge in [-0.05, 0) is 42.9 Å². The number of rotatable bonds is 4. The lowest BCUT2D eigenvalue weighted by Gasteiger charge is -2.34. The van der Waals surface area contributed by atoms with Crippen molar-refractivity contribution in [1.29, 1.82) is 0 Å². The van der Waals surface area contributed by atoms with Crippen molar-refractivity contribution in [3.05, 3.63) is 45.5 Å². The summed E-state index contributed by atoms with van der Waals surface area (Å²) >= 11 is 1.31. The van der Waals surface area contributed by atoms with E-state index >= 15 is 0 Å². The number of cyclic esters (lactones) is 1. The molecular weight excluding hydrogens is 497 g/mol. The molecule has 0 bridgehead atoms. The average molecular weight is 538 g/mol. The fraction of sp³-hybridized carbons (Fsp3) is 0.607. The molecule has 0 fully saturated rings. The van der Waals surface area contributed by atoms with E-state index in [2.05, 4.69) is 4.98 Å². The number of hydrogen-bond acceptors (Lipinski definition) is 8. The maximum atomic E-state index is 13.7. The Balaban J connectivity index is 2.39. The highest BCUT2D eigenvalue weighted by atomic mass is 32.1. The summed E-state index contributed by atoms with van der Waals surface area (Å²) in [7, 11) is 0. The topological polar surface area (TPSA) is 117 Å². The number of ether oxygens (including phenoxy) is 1. The molecule has 1 aliphatic rings. The van der Waals surface area contributed by atoms with Gasteiger partial charge < -0.3 is 20.1 Å².